The highest BCUT2D eigenvalue weighted by atomic mass is 19.4. The van der Waals surface area contributed by atoms with Crippen LogP contribution in [0, 0.1) is 0 Å². The second-order valence-electron chi connectivity index (χ2n) is 5.45. The van der Waals surface area contributed by atoms with Crippen molar-refractivity contribution in [3.63, 3.8) is 0 Å². The molecule has 0 heterocycles. The number of carbonyl (C=O) groups is 3. The van der Waals surface area contributed by atoms with Crippen molar-refractivity contribution in [3.8, 4) is 0 Å². The van der Waals surface area contributed by atoms with E-state index in [1.165, 1.54) is 6.92 Å². The average Bonchev–Trinajstić information content (AvgIpc) is 2.50. The Hall–Kier alpha value is -2.58. The van der Waals surface area contributed by atoms with Crippen molar-refractivity contribution in [1.82, 2.24) is 10.2 Å². The summed E-state index contributed by atoms with van der Waals surface area (Å²) >= 11 is 0. The minimum absolute atomic E-state index is 0.184. The SMILES string of the molecule is CC(=O)N(CCc1ccccc1)CC(=O)NC(CC(F)(F)F)C(=O)O. The molecule has 0 aliphatic carbocycles. The Balaban J connectivity index is 2.62. The monoisotopic (exact) mass is 360 g/mol. The number of rotatable bonds is 8. The third kappa shape index (κ3) is 8.18. The topological polar surface area (TPSA) is 86.7 Å². The molecule has 9 heteroatoms. The lowest BCUT2D eigenvalue weighted by Crippen LogP contribution is -2.48. The van der Waals surface area contributed by atoms with Crippen molar-refractivity contribution >= 4 is 17.8 Å². The molecule has 2 N–H and O–H groups in total. The Labute approximate surface area is 142 Å². The second kappa shape index (κ2) is 9.05. The highest BCUT2D eigenvalue weighted by molar-refractivity contribution is 5.87. The van der Waals surface area contributed by atoms with Crippen molar-refractivity contribution in [1.29, 1.82) is 0 Å². The smallest absolute Gasteiger partial charge is 0.391 e. The van der Waals surface area contributed by atoms with Gasteiger partial charge in [-0.05, 0) is 12.0 Å². The molecule has 0 aliphatic rings. The van der Waals surface area contributed by atoms with Gasteiger partial charge in [-0.1, -0.05) is 30.3 Å². The normalized spacial score (nSPS) is 12.3. The highest BCUT2D eigenvalue weighted by Gasteiger charge is 2.36. The molecule has 0 bridgehead atoms. The van der Waals surface area contributed by atoms with E-state index in [0.29, 0.717) is 6.42 Å². The molecule has 2 amide bonds. The molecular formula is C16H19F3N2O4. The van der Waals surface area contributed by atoms with Crippen LogP contribution in [-0.2, 0) is 20.8 Å². The maximum absolute atomic E-state index is 12.3. The molecule has 0 aliphatic heterocycles. The molecule has 6 nitrogen and oxygen atoms in total. The quantitative estimate of drug-likeness (QED) is 0.737. The summed E-state index contributed by atoms with van der Waals surface area (Å²) in [6.07, 6.45) is -5.96. The summed E-state index contributed by atoms with van der Waals surface area (Å²) in [6.45, 7) is 0.899. The largest absolute Gasteiger partial charge is 0.480 e. The maximum atomic E-state index is 12.3. The number of carboxylic acid groups (broad SMARTS) is 1. The highest BCUT2D eigenvalue weighted by Crippen LogP contribution is 2.21. The van der Waals surface area contributed by atoms with Crippen LogP contribution in [0.1, 0.15) is 18.9 Å². The fourth-order valence-electron chi connectivity index (χ4n) is 2.10. The van der Waals surface area contributed by atoms with Crippen molar-refractivity contribution in [2.75, 3.05) is 13.1 Å². The summed E-state index contributed by atoms with van der Waals surface area (Å²) in [5.41, 5.74) is 0.926. The van der Waals surface area contributed by atoms with E-state index in [1.807, 2.05) is 30.3 Å². The molecule has 1 aromatic carbocycles. The predicted molar refractivity (Wildman–Crippen MR) is 82.6 cm³/mol. The second-order valence-corrected chi connectivity index (χ2v) is 5.45. The number of halogens is 3. The summed E-state index contributed by atoms with van der Waals surface area (Å²) in [5, 5.41) is 10.6. The van der Waals surface area contributed by atoms with Crippen molar-refractivity contribution in [3.05, 3.63) is 35.9 Å². The zero-order valence-corrected chi connectivity index (χ0v) is 13.5. The molecule has 1 aromatic rings. The van der Waals surface area contributed by atoms with Crippen LogP contribution in [-0.4, -0.2) is 53.1 Å². The Bertz CT molecular complexity index is 605. The van der Waals surface area contributed by atoms with Crippen LogP contribution in [0.2, 0.25) is 0 Å². The van der Waals surface area contributed by atoms with E-state index in [9.17, 15) is 27.6 Å². The molecule has 1 unspecified atom stereocenters. The Morgan fingerprint density at radius 1 is 1.20 bits per heavy atom. The lowest BCUT2D eigenvalue weighted by atomic mass is 10.1. The third-order valence-electron chi connectivity index (χ3n) is 3.36. The molecule has 0 saturated heterocycles. The Morgan fingerprint density at radius 2 is 1.80 bits per heavy atom. The van der Waals surface area contributed by atoms with Gasteiger partial charge in [0, 0.05) is 13.5 Å². The van der Waals surface area contributed by atoms with Crippen LogP contribution in [0.4, 0.5) is 13.2 Å². The van der Waals surface area contributed by atoms with E-state index >= 15 is 0 Å². The van der Waals surface area contributed by atoms with Crippen LogP contribution >= 0.6 is 0 Å². The zero-order valence-electron chi connectivity index (χ0n) is 13.5. The van der Waals surface area contributed by atoms with Gasteiger partial charge in [0.2, 0.25) is 11.8 Å². The predicted octanol–water partition coefficient (Wildman–Crippen LogP) is 1.60. The van der Waals surface area contributed by atoms with Crippen LogP contribution < -0.4 is 5.32 Å². The first-order chi connectivity index (χ1) is 11.6. The van der Waals surface area contributed by atoms with Crippen molar-refractivity contribution in [2.24, 2.45) is 0 Å². The lowest BCUT2D eigenvalue weighted by Gasteiger charge is -2.22. The number of carboxylic acids is 1. The molecule has 1 rings (SSSR count). The minimum Gasteiger partial charge on any atom is -0.480 e. The van der Waals surface area contributed by atoms with Gasteiger partial charge < -0.3 is 15.3 Å². The zero-order chi connectivity index (χ0) is 19.0. The summed E-state index contributed by atoms with van der Waals surface area (Å²) in [6, 6.07) is 7.04. The van der Waals surface area contributed by atoms with Gasteiger partial charge in [-0.3, -0.25) is 9.59 Å². The van der Waals surface area contributed by atoms with Gasteiger partial charge in [0.05, 0.1) is 13.0 Å². The number of amides is 2. The van der Waals surface area contributed by atoms with Crippen LogP contribution in [0.15, 0.2) is 30.3 Å². The first-order valence-corrected chi connectivity index (χ1v) is 7.47. The first-order valence-electron chi connectivity index (χ1n) is 7.47. The van der Waals surface area contributed by atoms with Crippen molar-refractivity contribution in [2.45, 2.75) is 32.0 Å². The first kappa shape index (κ1) is 20.5. The number of nitrogens with zero attached hydrogens (tertiary/aromatic N) is 1. The Morgan fingerprint density at radius 3 is 2.28 bits per heavy atom. The maximum Gasteiger partial charge on any atom is 0.391 e. The van der Waals surface area contributed by atoms with Gasteiger partial charge in [-0.25, -0.2) is 4.79 Å². The van der Waals surface area contributed by atoms with E-state index in [1.54, 1.807) is 5.32 Å². The van der Waals surface area contributed by atoms with E-state index < -0.39 is 43.0 Å². The molecular weight excluding hydrogens is 341 g/mol. The molecule has 0 radical (unpaired) electrons. The van der Waals surface area contributed by atoms with Gasteiger partial charge in [-0.15, -0.1) is 0 Å². The van der Waals surface area contributed by atoms with Crippen molar-refractivity contribution < 1.29 is 32.7 Å². The van der Waals surface area contributed by atoms with Gasteiger partial charge in [0.1, 0.15) is 6.04 Å². The van der Waals surface area contributed by atoms with Gasteiger partial charge >= 0.3 is 12.1 Å². The fourth-order valence-corrected chi connectivity index (χ4v) is 2.10. The summed E-state index contributed by atoms with van der Waals surface area (Å²) in [5.74, 6) is -3.18. The third-order valence-corrected chi connectivity index (χ3v) is 3.36. The summed E-state index contributed by atoms with van der Waals surface area (Å²) in [7, 11) is 0. The van der Waals surface area contributed by atoms with E-state index in [4.69, 9.17) is 5.11 Å². The van der Waals surface area contributed by atoms with Crippen LogP contribution in [0.3, 0.4) is 0 Å². The molecule has 1 atom stereocenters. The molecule has 0 spiro atoms. The molecule has 0 fully saturated rings. The number of aliphatic carboxylic acids is 1. The van der Waals surface area contributed by atoms with Crippen LogP contribution in [0.25, 0.3) is 0 Å². The Kier molecular flexibility index (Phi) is 7.41. The molecule has 0 saturated carbocycles. The number of alkyl halides is 3. The fraction of sp³-hybridized carbons (Fsp3) is 0.438. The standard InChI is InChI=1S/C16H19F3N2O4/c1-11(22)21(8-7-12-5-3-2-4-6-12)10-14(23)20-13(15(24)25)9-16(17,18)19/h2-6,13H,7-10H2,1H3,(H,20,23)(H,24,25). The molecule has 25 heavy (non-hydrogen) atoms. The lowest BCUT2D eigenvalue weighted by molar-refractivity contribution is -0.160. The van der Waals surface area contributed by atoms with E-state index in [0.717, 1.165) is 10.5 Å². The average molecular weight is 360 g/mol. The number of hydrogen-bond donors (Lipinski definition) is 2. The van der Waals surface area contributed by atoms with Gasteiger partial charge in [-0.2, -0.15) is 13.2 Å². The van der Waals surface area contributed by atoms with Crippen LogP contribution in [0.5, 0.6) is 0 Å². The van der Waals surface area contributed by atoms with Gasteiger partial charge in [0.25, 0.3) is 0 Å². The molecule has 0 aromatic heterocycles. The number of hydrogen-bond acceptors (Lipinski definition) is 3. The number of nitrogens with one attached hydrogen (secondary N) is 1. The minimum atomic E-state index is -4.73. The number of carbonyl (C=O) groups excluding carboxylic acids is 2. The molecule has 138 valence electrons. The number of benzene rings is 1. The summed E-state index contributed by atoms with van der Waals surface area (Å²) < 4.78 is 37.0. The van der Waals surface area contributed by atoms with Gasteiger partial charge in [0.15, 0.2) is 0 Å². The van der Waals surface area contributed by atoms with E-state index in [2.05, 4.69) is 0 Å². The van der Waals surface area contributed by atoms with E-state index in [-0.39, 0.29) is 6.54 Å². The summed E-state index contributed by atoms with van der Waals surface area (Å²) in [4.78, 5) is 35.4.